The summed E-state index contributed by atoms with van der Waals surface area (Å²) in [5, 5.41) is 11.1. The number of hydrogen-bond donors (Lipinski definition) is 5. The summed E-state index contributed by atoms with van der Waals surface area (Å²) in [7, 11) is 1.88. The Morgan fingerprint density at radius 2 is 1.66 bits per heavy atom. The van der Waals surface area contributed by atoms with E-state index in [0.717, 1.165) is 48.0 Å². The van der Waals surface area contributed by atoms with Gasteiger partial charge in [-0.15, -0.1) is 0 Å². The van der Waals surface area contributed by atoms with Gasteiger partial charge < -0.3 is 21.7 Å². The van der Waals surface area contributed by atoms with Gasteiger partial charge in [-0.3, -0.25) is 39.0 Å². The van der Waals surface area contributed by atoms with Gasteiger partial charge in [-0.2, -0.15) is 0 Å². The minimum Gasteiger partial charge on any atom is -0.399 e. The summed E-state index contributed by atoms with van der Waals surface area (Å²) in [5.74, 6) is -2.41. The highest BCUT2D eigenvalue weighted by molar-refractivity contribution is 6.25. The van der Waals surface area contributed by atoms with Crippen LogP contribution in [0.4, 0.5) is 17.1 Å². The Labute approximate surface area is 257 Å². The first kappa shape index (κ1) is 35.2. The van der Waals surface area contributed by atoms with Crippen molar-refractivity contribution in [2.45, 2.75) is 58.4 Å². The van der Waals surface area contributed by atoms with E-state index in [1.807, 2.05) is 45.2 Å². The van der Waals surface area contributed by atoms with Crippen molar-refractivity contribution in [1.29, 1.82) is 0 Å². The molecule has 2 aromatic carbocycles. The molecule has 1 atom stereocenters. The van der Waals surface area contributed by atoms with Crippen LogP contribution in [0.15, 0.2) is 54.6 Å². The monoisotopic (exact) mass is 606 g/mol. The standard InChI is InChI=1S/C23H26N4O6.C7H10N2.C2H6/c28-14-6-9-18(29)25-13-4-2-1-3-12-24-16-8-5-7-15-20(16)23(33)27(22(15)32)17-10-11-19(30)26-21(17)31;1-9-7-4-2-6(8)3-5-7;1-2/h5-9,14,17,24H,1-4,10-13H2,(H,25,29)(H,26,30,31);2-5,9H,8H2,1H3;1-2H3/b9-6+;;. The molecule has 236 valence electrons. The van der Waals surface area contributed by atoms with Crippen molar-refractivity contribution in [1.82, 2.24) is 15.5 Å². The average Bonchev–Trinajstić information content (AvgIpc) is 3.28. The highest BCUT2D eigenvalue weighted by Crippen LogP contribution is 2.32. The molecule has 1 unspecified atom stereocenters. The number of fused-ring (bicyclic) bond motifs is 1. The first-order valence-corrected chi connectivity index (χ1v) is 14.8. The number of nitrogens with one attached hydrogen (secondary N) is 4. The van der Waals surface area contributed by atoms with Crippen molar-refractivity contribution in [3.05, 3.63) is 65.7 Å². The number of allylic oxidation sites excluding steroid dienone is 1. The van der Waals surface area contributed by atoms with Crippen LogP contribution in [0.25, 0.3) is 0 Å². The number of hydrogen-bond acceptors (Lipinski definition) is 9. The Bertz CT molecular complexity index is 1340. The summed E-state index contributed by atoms with van der Waals surface area (Å²) < 4.78 is 0. The van der Waals surface area contributed by atoms with Crippen LogP contribution in [0, 0.1) is 0 Å². The Hall–Kier alpha value is -5.00. The predicted molar refractivity (Wildman–Crippen MR) is 170 cm³/mol. The van der Waals surface area contributed by atoms with Gasteiger partial charge in [-0.05, 0) is 61.7 Å². The van der Waals surface area contributed by atoms with Crippen LogP contribution < -0.4 is 27.0 Å². The normalized spacial score (nSPS) is 15.3. The fourth-order valence-corrected chi connectivity index (χ4v) is 4.54. The van der Waals surface area contributed by atoms with Gasteiger partial charge in [-0.25, -0.2) is 0 Å². The lowest BCUT2D eigenvalue weighted by atomic mass is 10.0. The van der Waals surface area contributed by atoms with Gasteiger partial charge in [0.2, 0.25) is 17.7 Å². The Morgan fingerprint density at radius 3 is 2.30 bits per heavy atom. The summed E-state index contributed by atoms with van der Waals surface area (Å²) in [5.41, 5.74) is 8.37. The van der Waals surface area contributed by atoms with Crippen LogP contribution in [0.3, 0.4) is 0 Å². The maximum Gasteiger partial charge on any atom is 0.264 e. The molecule has 6 N–H and O–H groups in total. The number of imide groups is 2. The number of carbonyl (C=O) groups is 6. The third kappa shape index (κ3) is 10.1. The van der Waals surface area contributed by atoms with Gasteiger partial charge in [0.15, 0.2) is 0 Å². The zero-order valence-corrected chi connectivity index (χ0v) is 25.5. The molecular formula is C32H42N6O6. The lowest BCUT2D eigenvalue weighted by molar-refractivity contribution is -0.136. The zero-order chi connectivity index (χ0) is 32.5. The summed E-state index contributed by atoms with van der Waals surface area (Å²) >= 11 is 0. The van der Waals surface area contributed by atoms with Gasteiger partial charge in [0.05, 0.1) is 11.1 Å². The predicted octanol–water partition coefficient (Wildman–Crippen LogP) is 3.27. The number of amides is 5. The number of benzene rings is 2. The van der Waals surface area contributed by atoms with Crippen LogP contribution in [0.1, 0.15) is 73.1 Å². The molecule has 2 heterocycles. The molecule has 12 heteroatoms. The smallest absolute Gasteiger partial charge is 0.264 e. The van der Waals surface area contributed by atoms with Crippen LogP contribution in [0.5, 0.6) is 0 Å². The van der Waals surface area contributed by atoms with E-state index in [9.17, 15) is 28.8 Å². The van der Waals surface area contributed by atoms with Gasteiger partial charge >= 0.3 is 0 Å². The van der Waals surface area contributed by atoms with Crippen molar-refractivity contribution < 1.29 is 28.8 Å². The largest absolute Gasteiger partial charge is 0.399 e. The third-order valence-corrected chi connectivity index (χ3v) is 6.71. The van der Waals surface area contributed by atoms with Crippen molar-refractivity contribution in [3.63, 3.8) is 0 Å². The molecular weight excluding hydrogens is 564 g/mol. The van der Waals surface area contributed by atoms with E-state index in [0.29, 0.717) is 25.1 Å². The SMILES string of the molecule is CC.CNc1ccc(N)cc1.O=C/C=C/C(=O)NCCCCCCNc1cccc2c1C(=O)N(C1CCC(=O)NC1=O)C2=O. The number of anilines is 3. The summed E-state index contributed by atoms with van der Waals surface area (Å²) in [4.78, 5) is 71.9. The molecule has 0 spiro atoms. The molecule has 0 bridgehead atoms. The van der Waals surface area contributed by atoms with Crippen molar-refractivity contribution >= 4 is 52.9 Å². The van der Waals surface area contributed by atoms with Crippen LogP contribution >= 0.6 is 0 Å². The van der Waals surface area contributed by atoms with Gasteiger partial charge in [0, 0.05) is 49.7 Å². The molecule has 5 amide bonds. The lowest BCUT2D eigenvalue weighted by Gasteiger charge is -2.27. The number of piperidine rings is 1. The molecule has 44 heavy (non-hydrogen) atoms. The Morgan fingerprint density at radius 1 is 0.977 bits per heavy atom. The van der Waals surface area contributed by atoms with E-state index in [1.54, 1.807) is 18.2 Å². The fraction of sp³-hybridized carbons (Fsp3) is 0.375. The van der Waals surface area contributed by atoms with Gasteiger partial charge in [0.1, 0.15) is 12.3 Å². The molecule has 2 aliphatic rings. The first-order valence-electron chi connectivity index (χ1n) is 14.8. The number of unbranched alkanes of at least 4 members (excludes halogenated alkanes) is 3. The summed E-state index contributed by atoms with van der Waals surface area (Å²) in [6.07, 6.45) is 6.49. The molecule has 4 rings (SSSR count). The minimum atomic E-state index is -0.989. The number of nitrogens with zero attached hydrogens (tertiary/aromatic N) is 1. The summed E-state index contributed by atoms with van der Waals surface area (Å²) in [6.45, 7) is 5.11. The number of rotatable bonds is 12. The van der Waals surface area contributed by atoms with E-state index in [1.165, 1.54) is 6.08 Å². The van der Waals surface area contributed by atoms with Crippen molar-refractivity contribution in [2.75, 3.05) is 36.5 Å². The Kier molecular flexibility index (Phi) is 14.8. The van der Waals surface area contributed by atoms with Gasteiger partial charge in [0.25, 0.3) is 11.8 Å². The van der Waals surface area contributed by atoms with Crippen LogP contribution in [-0.2, 0) is 19.2 Å². The van der Waals surface area contributed by atoms with E-state index in [4.69, 9.17) is 5.73 Å². The van der Waals surface area contributed by atoms with Crippen LogP contribution in [0.2, 0.25) is 0 Å². The maximum absolute atomic E-state index is 13.0. The zero-order valence-electron chi connectivity index (χ0n) is 25.5. The van der Waals surface area contributed by atoms with E-state index in [-0.39, 0.29) is 29.9 Å². The van der Waals surface area contributed by atoms with Crippen molar-refractivity contribution in [3.8, 4) is 0 Å². The fourth-order valence-electron chi connectivity index (χ4n) is 4.54. The third-order valence-electron chi connectivity index (χ3n) is 6.71. The van der Waals surface area contributed by atoms with E-state index in [2.05, 4.69) is 21.3 Å². The molecule has 0 aliphatic carbocycles. The lowest BCUT2D eigenvalue weighted by Crippen LogP contribution is -2.54. The van der Waals surface area contributed by atoms with Crippen molar-refractivity contribution in [2.24, 2.45) is 0 Å². The number of carbonyl (C=O) groups excluding carboxylic acids is 6. The quantitative estimate of drug-likeness (QED) is 0.0797. The maximum atomic E-state index is 13.0. The second kappa shape index (κ2) is 18.5. The minimum absolute atomic E-state index is 0.0774. The van der Waals surface area contributed by atoms with Gasteiger partial charge in [-0.1, -0.05) is 32.8 Å². The molecule has 1 saturated heterocycles. The molecule has 0 saturated carbocycles. The first-order chi connectivity index (χ1) is 21.3. The summed E-state index contributed by atoms with van der Waals surface area (Å²) in [6, 6.07) is 11.6. The molecule has 2 aromatic rings. The number of nitrogens with two attached hydrogens (primary N) is 1. The second-order valence-electron chi connectivity index (χ2n) is 9.67. The molecule has 2 aliphatic heterocycles. The molecule has 1 fully saturated rings. The molecule has 12 nitrogen and oxygen atoms in total. The van der Waals surface area contributed by atoms with E-state index >= 15 is 0 Å². The highest BCUT2D eigenvalue weighted by Gasteiger charge is 2.45. The van der Waals surface area contributed by atoms with E-state index < -0.39 is 29.7 Å². The van der Waals surface area contributed by atoms with Crippen LogP contribution in [-0.4, -0.2) is 66.9 Å². The number of aldehydes is 1. The topological polar surface area (TPSA) is 180 Å². The Balaban J connectivity index is 0.000000519. The second-order valence-corrected chi connectivity index (χ2v) is 9.67. The molecule has 0 aromatic heterocycles. The molecule has 0 radical (unpaired) electrons. The highest BCUT2D eigenvalue weighted by atomic mass is 16.2. The average molecular weight is 607 g/mol. The number of nitrogen functional groups attached to an aromatic ring is 1.